The van der Waals surface area contributed by atoms with Crippen molar-refractivity contribution in [2.24, 2.45) is 4.99 Å². The number of nitrogens with zero attached hydrogens (tertiary/aromatic N) is 3. The van der Waals surface area contributed by atoms with Gasteiger partial charge >= 0.3 is 0 Å². The lowest BCUT2D eigenvalue weighted by molar-refractivity contribution is -0.130. The Labute approximate surface area is 267 Å². The maximum absolute atomic E-state index is 12.8. The van der Waals surface area contributed by atoms with Crippen LogP contribution in [0.25, 0.3) is 11.6 Å². The van der Waals surface area contributed by atoms with Crippen LogP contribution in [0.4, 0.5) is 0 Å². The summed E-state index contributed by atoms with van der Waals surface area (Å²) in [7, 11) is 1.82. The Kier molecular flexibility index (Phi) is 13.3. The summed E-state index contributed by atoms with van der Waals surface area (Å²) in [6.07, 6.45) is 29.6. The van der Waals surface area contributed by atoms with Gasteiger partial charge in [-0.3, -0.25) is 9.79 Å². The standard InChI is InChI=1S/C40H53N3O/c1-5-13-33(14-6-2)15-8-7-9-16-34-20-23-35(24-21-34)37-22-19-32(3)38(31-37)39(25-26-41-4)42-27-10-17-36(18-11-28-42)40(44)43-29-12-30-43/h9,15-17,20-26,31H,3,5-8,10-14,18-19,27-30H2,1-2,4H3/b16-9+,36-17-,39-25+,41-26?. The summed E-state index contributed by atoms with van der Waals surface area (Å²) in [4.78, 5) is 21.5. The molecule has 1 aromatic rings. The lowest BCUT2D eigenvalue weighted by Crippen LogP contribution is -2.43. The van der Waals surface area contributed by atoms with Crippen LogP contribution in [0.1, 0.15) is 95.6 Å². The number of carbonyl (C=O) groups is 1. The average Bonchev–Trinajstić information content (AvgIpc) is 2.98. The van der Waals surface area contributed by atoms with Crippen LogP contribution in [0.2, 0.25) is 0 Å². The molecule has 4 rings (SSSR count). The van der Waals surface area contributed by atoms with Gasteiger partial charge in [-0.05, 0) is 92.2 Å². The van der Waals surface area contributed by atoms with Crippen molar-refractivity contribution in [2.75, 3.05) is 33.2 Å². The van der Waals surface area contributed by atoms with Crippen molar-refractivity contribution in [1.82, 2.24) is 9.80 Å². The van der Waals surface area contributed by atoms with Gasteiger partial charge in [0.25, 0.3) is 0 Å². The van der Waals surface area contributed by atoms with Gasteiger partial charge in [-0.25, -0.2) is 0 Å². The number of allylic oxidation sites excluding steroid dienone is 8. The summed E-state index contributed by atoms with van der Waals surface area (Å²) < 4.78 is 0. The normalized spacial score (nSPS) is 19.2. The fourth-order valence-electron chi connectivity index (χ4n) is 6.21. The Balaban J connectivity index is 1.43. The van der Waals surface area contributed by atoms with Crippen LogP contribution in [0.5, 0.6) is 0 Å². The van der Waals surface area contributed by atoms with Crippen molar-refractivity contribution in [3.63, 3.8) is 0 Å². The van der Waals surface area contributed by atoms with Crippen molar-refractivity contribution in [3.05, 3.63) is 106 Å². The van der Waals surface area contributed by atoms with Gasteiger partial charge in [-0.15, -0.1) is 0 Å². The van der Waals surface area contributed by atoms with E-state index in [4.69, 9.17) is 0 Å². The van der Waals surface area contributed by atoms with Crippen molar-refractivity contribution < 1.29 is 4.79 Å². The molecule has 1 saturated heterocycles. The monoisotopic (exact) mass is 591 g/mol. The summed E-state index contributed by atoms with van der Waals surface area (Å²) in [6, 6.07) is 8.93. The van der Waals surface area contributed by atoms with E-state index in [1.54, 1.807) is 5.57 Å². The number of rotatable bonds is 13. The molecule has 4 nitrogen and oxygen atoms in total. The molecule has 1 amide bonds. The number of benzene rings is 1. The van der Waals surface area contributed by atoms with Crippen LogP contribution in [0, 0.1) is 0 Å². The molecule has 0 atom stereocenters. The van der Waals surface area contributed by atoms with Gasteiger partial charge in [-0.2, -0.15) is 0 Å². The molecule has 1 aromatic carbocycles. The van der Waals surface area contributed by atoms with Gasteiger partial charge in [0.2, 0.25) is 5.91 Å². The topological polar surface area (TPSA) is 35.9 Å². The van der Waals surface area contributed by atoms with Crippen LogP contribution < -0.4 is 0 Å². The van der Waals surface area contributed by atoms with E-state index in [0.29, 0.717) is 0 Å². The van der Waals surface area contributed by atoms with Gasteiger partial charge < -0.3 is 9.80 Å². The van der Waals surface area contributed by atoms with Crippen LogP contribution in [-0.2, 0) is 4.79 Å². The zero-order valence-corrected chi connectivity index (χ0v) is 27.5. The first-order valence-corrected chi connectivity index (χ1v) is 16.9. The SMILES string of the molecule is C=C1CC=C(c2ccc(/C=C/CCC=C(CCC)CCC)cc2)C=C1/C(=C\C=NC)N1CC/C=C(\C(=O)N2CCC2)CCC1. The van der Waals surface area contributed by atoms with Gasteiger partial charge in [-0.1, -0.05) is 93.5 Å². The molecule has 2 aliphatic heterocycles. The second-order valence-corrected chi connectivity index (χ2v) is 12.2. The molecule has 3 aliphatic rings. The molecule has 44 heavy (non-hydrogen) atoms. The zero-order valence-electron chi connectivity index (χ0n) is 27.5. The highest BCUT2D eigenvalue weighted by molar-refractivity contribution is 5.93. The third-order valence-electron chi connectivity index (χ3n) is 8.79. The number of amides is 1. The predicted octanol–water partition coefficient (Wildman–Crippen LogP) is 9.51. The zero-order chi connectivity index (χ0) is 31.1. The second kappa shape index (κ2) is 17.6. The van der Waals surface area contributed by atoms with E-state index in [1.165, 1.54) is 53.7 Å². The van der Waals surface area contributed by atoms with E-state index in [0.717, 1.165) is 82.3 Å². The molecule has 0 N–H and O–H groups in total. The fourth-order valence-corrected chi connectivity index (χ4v) is 6.21. The summed E-state index contributed by atoms with van der Waals surface area (Å²) in [5.74, 6) is 0.249. The van der Waals surface area contributed by atoms with Crippen molar-refractivity contribution in [2.45, 2.75) is 84.5 Å². The molecule has 1 aliphatic carbocycles. The van der Waals surface area contributed by atoms with Gasteiger partial charge in [0, 0.05) is 56.3 Å². The van der Waals surface area contributed by atoms with E-state index >= 15 is 0 Å². The molecular weight excluding hydrogens is 538 g/mol. The second-order valence-electron chi connectivity index (χ2n) is 12.2. The van der Waals surface area contributed by atoms with E-state index in [-0.39, 0.29) is 5.91 Å². The van der Waals surface area contributed by atoms with Crippen LogP contribution in [-0.4, -0.2) is 55.1 Å². The predicted molar refractivity (Wildman–Crippen MR) is 190 cm³/mol. The molecule has 0 unspecified atom stereocenters. The first-order valence-electron chi connectivity index (χ1n) is 16.9. The molecule has 0 spiro atoms. The van der Waals surface area contributed by atoms with Crippen LogP contribution in [0.15, 0.2) is 100 Å². The molecule has 0 aromatic heterocycles. The number of likely N-dealkylation sites (tertiary alicyclic amines) is 1. The quantitative estimate of drug-likeness (QED) is 0.130. The van der Waals surface area contributed by atoms with Crippen molar-refractivity contribution in [3.8, 4) is 0 Å². The maximum atomic E-state index is 12.8. The van der Waals surface area contributed by atoms with E-state index in [2.05, 4.69) is 97.1 Å². The van der Waals surface area contributed by atoms with E-state index in [9.17, 15) is 4.79 Å². The van der Waals surface area contributed by atoms with E-state index < -0.39 is 0 Å². The first kappa shape index (κ1) is 33.2. The van der Waals surface area contributed by atoms with Gasteiger partial charge in [0.1, 0.15) is 0 Å². The molecule has 0 bridgehead atoms. The number of unbranched alkanes of at least 4 members (excludes halogenated alkanes) is 1. The molecule has 234 valence electrons. The van der Waals surface area contributed by atoms with Gasteiger partial charge in [0.15, 0.2) is 0 Å². The molecule has 0 saturated carbocycles. The molecule has 2 heterocycles. The highest BCUT2D eigenvalue weighted by Crippen LogP contribution is 2.34. The number of hydrogen-bond acceptors (Lipinski definition) is 3. The van der Waals surface area contributed by atoms with Crippen molar-refractivity contribution in [1.29, 1.82) is 0 Å². The molecule has 0 radical (unpaired) electrons. The molecule has 1 fully saturated rings. The Hall–Kier alpha value is -3.66. The Morgan fingerprint density at radius 3 is 2.39 bits per heavy atom. The van der Waals surface area contributed by atoms with Gasteiger partial charge in [0.05, 0.1) is 0 Å². The third kappa shape index (κ3) is 9.42. The minimum Gasteiger partial charge on any atom is -0.371 e. The smallest absolute Gasteiger partial charge is 0.249 e. The Morgan fingerprint density at radius 2 is 1.70 bits per heavy atom. The largest absolute Gasteiger partial charge is 0.371 e. The fraction of sp³-hybridized carbons (Fsp3) is 0.450. The summed E-state index contributed by atoms with van der Waals surface area (Å²) in [5, 5.41) is 0. The lowest BCUT2D eigenvalue weighted by Gasteiger charge is -2.34. The van der Waals surface area contributed by atoms with E-state index in [1.807, 2.05) is 18.2 Å². The summed E-state index contributed by atoms with van der Waals surface area (Å²) in [5.41, 5.74) is 9.82. The number of carbonyl (C=O) groups excluding carboxylic acids is 1. The van der Waals surface area contributed by atoms with Crippen LogP contribution in [0.3, 0.4) is 0 Å². The minimum absolute atomic E-state index is 0.249. The maximum Gasteiger partial charge on any atom is 0.249 e. The third-order valence-corrected chi connectivity index (χ3v) is 8.79. The number of hydrogen-bond donors (Lipinski definition) is 0. The molecule has 4 heteroatoms. The molecular formula is C40H53N3O. The Bertz CT molecular complexity index is 1340. The van der Waals surface area contributed by atoms with Crippen LogP contribution >= 0.6 is 0 Å². The Morgan fingerprint density at radius 1 is 0.955 bits per heavy atom. The summed E-state index contributed by atoms with van der Waals surface area (Å²) >= 11 is 0. The van der Waals surface area contributed by atoms with Crippen molar-refractivity contribution >= 4 is 23.8 Å². The highest BCUT2D eigenvalue weighted by Gasteiger charge is 2.25. The average molecular weight is 592 g/mol. The summed E-state index contributed by atoms with van der Waals surface area (Å²) in [6.45, 7) is 12.6. The first-order chi connectivity index (χ1) is 21.5. The minimum atomic E-state index is 0.249. The number of aliphatic imine (C=N–C) groups is 1. The highest BCUT2D eigenvalue weighted by atomic mass is 16.2. The lowest BCUT2D eigenvalue weighted by atomic mass is 9.88.